The molecule has 0 atom stereocenters. The molecule has 7 nitrogen and oxygen atoms in total. The second-order valence-corrected chi connectivity index (χ2v) is 8.48. The van der Waals surface area contributed by atoms with Crippen LogP contribution in [0.4, 0.5) is 24.5 Å². The Labute approximate surface area is 196 Å². The molecule has 0 unspecified atom stereocenters. The lowest BCUT2D eigenvalue weighted by molar-refractivity contribution is -0.137. The maximum atomic E-state index is 13.4. The third kappa shape index (κ3) is 4.48. The molecule has 4 aromatic rings. The third-order valence-electron chi connectivity index (χ3n) is 5.57. The number of hydrogen-bond acceptors (Lipinski definition) is 6. The number of nitrogens with zero attached hydrogens (tertiary/aromatic N) is 4. The van der Waals surface area contributed by atoms with Crippen molar-refractivity contribution in [3.05, 3.63) is 58.9 Å². The molecule has 11 heteroatoms. The highest BCUT2D eigenvalue weighted by atomic mass is 32.1. The van der Waals surface area contributed by atoms with Crippen LogP contribution >= 0.6 is 11.3 Å². The monoisotopic (exact) mass is 487 g/mol. The Hall–Kier alpha value is -3.44. The van der Waals surface area contributed by atoms with E-state index in [0.29, 0.717) is 49.0 Å². The van der Waals surface area contributed by atoms with Crippen LogP contribution in [0.25, 0.3) is 22.6 Å². The minimum absolute atomic E-state index is 0.112. The van der Waals surface area contributed by atoms with Crippen molar-refractivity contribution in [2.75, 3.05) is 36.5 Å². The largest absolute Gasteiger partial charge is 0.416 e. The molecule has 0 aliphatic carbocycles. The fraction of sp³-hybridized carbons (Fsp3) is 0.261. The molecule has 1 saturated heterocycles. The van der Waals surface area contributed by atoms with Gasteiger partial charge in [0.15, 0.2) is 5.82 Å². The number of carbonyl (C=O) groups is 1. The first-order valence-corrected chi connectivity index (χ1v) is 11.5. The number of amides is 1. The van der Waals surface area contributed by atoms with Gasteiger partial charge in [-0.1, -0.05) is 12.1 Å². The van der Waals surface area contributed by atoms with Gasteiger partial charge in [0.05, 0.1) is 46.7 Å². The number of anilines is 2. The van der Waals surface area contributed by atoms with E-state index in [1.165, 1.54) is 17.4 Å². The van der Waals surface area contributed by atoms with Gasteiger partial charge in [0.2, 0.25) is 5.91 Å². The quantitative estimate of drug-likeness (QED) is 0.444. The van der Waals surface area contributed by atoms with E-state index in [9.17, 15) is 18.0 Å². The number of morpholine rings is 1. The van der Waals surface area contributed by atoms with Crippen molar-refractivity contribution in [2.45, 2.75) is 12.7 Å². The number of aromatic nitrogens is 3. The van der Waals surface area contributed by atoms with Gasteiger partial charge < -0.3 is 19.5 Å². The maximum Gasteiger partial charge on any atom is 0.416 e. The average molecular weight is 488 g/mol. The highest BCUT2D eigenvalue weighted by molar-refractivity contribution is 7.07. The summed E-state index contributed by atoms with van der Waals surface area (Å²) in [5, 5.41) is 4.54. The number of fused-ring (bicyclic) bond motifs is 1. The van der Waals surface area contributed by atoms with Gasteiger partial charge in [-0.3, -0.25) is 4.79 Å². The Kier molecular flexibility index (Phi) is 5.96. The SMILES string of the molecule is O=C(Cn1c(-c2cscn2)nc2ccccc21)Nc1cc(C(F)(F)F)ccc1N1CCOCC1. The number of ether oxygens (including phenoxy) is 1. The zero-order chi connectivity index (χ0) is 23.7. The van der Waals surface area contributed by atoms with E-state index in [0.717, 1.165) is 17.6 Å². The topological polar surface area (TPSA) is 72.3 Å². The van der Waals surface area contributed by atoms with Crippen LogP contribution in [0.3, 0.4) is 0 Å². The smallest absolute Gasteiger partial charge is 0.378 e. The van der Waals surface area contributed by atoms with Crippen LogP contribution in [0.1, 0.15) is 5.56 Å². The van der Waals surface area contributed by atoms with E-state index in [1.54, 1.807) is 10.1 Å². The van der Waals surface area contributed by atoms with Crippen molar-refractivity contribution in [3.63, 3.8) is 0 Å². The lowest BCUT2D eigenvalue weighted by Gasteiger charge is -2.31. The van der Waals surface area contributed by atoms with Crippen LogP contribution in [0, 0.1) is 0 Å². The number of benzene rings is 2. The van der Waals surface area contributed by atoms with Gasteiger partial charge in [0.1, 0.15) is 12.2 Å². The zero-order valence-electron chi connectivity index (χ0n) is 17.9. The van der Waals surface area contributed by atoms with E-state index < -0.39 is 17.6 Å². The van der Waals surface area contributed by atoms with Crippen LogP contribution in [-0.2, 0) is 22.3 Å². The molecule has 34 heavy (non-hydrogen) atoms. The summed E-state index contributed by atoms with van der Waals surface area (Å²) in [6.45, 7) is 1.84. The number of rotatable bonds is 5. The molecule has 1 amide bonds. The molecule has 1 aliphatic rings. The van der Waals surface area contributed by atoms with Gasteiger partial charge >= 0.3 is 6.18 Å². The molecule has 5 rings (SSSR count). The Morgan fingerprint density at radius 1 is 1.15 bits per heavy atom. The number of hydrogen-bond donors (Lipinski definition) is 1. The summed E-state index contributed by atoms with van der Waals surface area (Å²) in [6.07, 6.45) is -4.53. The highest BCUT2D eigenvalue weighted by Crippen LogP contribution is 2.36. The van der Waals surface area contributed by atoms with Crippen LogP contribution < -0.4 is 10.2 Å². The molecule has 2 aromatic heterocycles. The van der Waals surface area contributed by atoms with Gasteiger partial charge in [-0.05, 0) is 30.3 Å². The number of para-hydroxylation sites is 2. The van der Waals surface area contributed by atoms with Crippen molar-refractivity contribution >= 4 is 39.7 Å². The third-order valence-corrected chi connectivity index (χ3v) is 6.15. The number of nitrogens with one attached hydrogen (secondary N) is 1. The van der Waals surface area contributed by atoms with Crippen molar-refractivity contribution < 1.29 is 22.7 Å². The second-order valence-electron chi connectivity index (χ2n) is 7.76. The molecular formula is C23H20F3N5O2S. The standard InChI is InChI=1S/C23H20F3N5O2S/c24-23(25,26)15-5-6-19(30-7-9-33-10-8-30)17(11-15)28-21(32)12-31-20-4-2-1-3-16(20)29-22(31)18-13-34-14-27-18/h1-6,11,13-14H,7-10,12H2,(H,28,32). The molecule has 1 aliphatic heterocycles. The number of halogens is 3. The molecular weight excluding hydrogens is 467 g/mol. The first-order chi connectivity index (χ1) is 16.4. The zero-order valence-corrected chi connectivity index (χ0v) is 18.7. The summed E-state index contributed by atoms with van der Waals surface area (Å²) < 4.78 is 47.3. The van der Waals surface area contributed by atoms with Crippen LogP contribution in [0.15, 0.2) is 53.4 Å². The van der Waals surface area contributed by atoms with Gasteiger partial charge in [0, 0.05) is 18.5 Å². The van der Waals surface area contributed by atoms with Gasteiger partial charge in [-0.15, -0.1) is 11.3 Å². The lowest BCUT2D eigenvalue weighted by atomic mass is 10.1. The molecule has 1 fully saturated rings. The molecule has 0 bridgehead atoms. The van der Waals surface area contributed by atoms with Crippen molar-refractivity contribution in [3.8, 4) is 11.5 Å². The normalized spacial score (nSPS) is 14.5. The molecule has 0 radical (unpaired) electrons. The number of thiazole rings is 1. The molecule has 0 spiro atoms. The summed E-state index contributed by atoms with van der Waals surface area (Å²) in [6, 6.07) is 10.8. The van der Waals surface area contributed by atoms with Crippen LogP contribution in [0.5, 0.6) is 0 Å². The Morgan fingerprint density at radius 2 is 1.94 bits per heavy atom. The molecule has 176 valence electrons. The summed E-state index contributed by atoms with van der Waals surface area (Å²) in [7, 11) is 0. The fourth-order valence-electron chi connectivity index (χ4n) is 3.98. The number of alkyl halides is 3. The Balaban J connectivity index is 1.48. The summed E-state index contributed by atoms with van der Waals surface area (Å²) in [4.78, 5) is 24.0. The van der Waals surface area contributed by atoms with Gasteiger partial charge in [-0.25, -0.2) is 9.97 Å². The summed E-state index contributed by atoms with van der Waals surface area (Å²) in [5.41, 5.74) is 3.56. The maximum absolute atomic E-state index is 13.4. The van der Waals surface area contributed by atoms with Crippen molar-refractivity contribution in [1.29, 1.82) is 0 Å². The lowest BCUT2D eigenvalue weighted by Crippen LogP contribution is -2.37. The predicted molar refractivity (Wildman–Crippen MR) is 124 cm³/mol. The average Bonchev–Trinajstić information content (AvgIpc) is 3.47. The molecule has 2 aromatic carbocycles. The van der Waals surface area contributed by atoms with Crippen LogP contribution in [-0.4, -0.2) is 46.7 Å². The van der Waals surface area contributed by atoms with Crippen molar-refractivity contribution in [1.82, 2.24) is 14.5 Å². The van der Waals surface area contributed by atoms with Gasteiger partial charge in [0.25, 0.3) is 0 Å². The number of imidazole rings is 1. The number of carbonyl (C=O) groups excluding carboxylic acids is 1. The van der Waals surface area contributed by atoms with Crippen molar-refractivity contribution in [2.24, 2.45) is 0 Å². The summed E-state index contributed by atoms with van der Waals surface area (Å²) in [5.74, 6) is 0.0588. The molecule has 0 saturated carbocycles. The predicted octanol–water partition coefficient (Wildman–Crippen LogP) is 4.65. The Bertz CT molecular complexity index is 1310. The van der Waals surface area contributed by atoms with E-state index in [-0.39, 0.29) is 12.2 Å². The fourth-order valence-corrected chi connectivity index (χ4v) is 4.51. The Morgan fingerprint density at radius 3 is 2.68 bits per heavy atom. The second kappa shape index (κ2) is 9.07. The van der Waals surface area contributed by atoms with E-state index in [1.807, 2.05) is 34.5 Å². The molecule has 1 N–H and O–H groups in total. The first kappa shape index (κ1) is 22.4. The van der Waals surface area contributed by atoms with Gasteiger partial charge in [-0.2, -0.15) is 13.2 Å². The van der Waals surface area contributed by atoms with Crippen LogP contribution in [0.2, 0.25) is 0 Å². The van der Waals surface area contributed by atoms with E-state index in [4.69, 9.17) is 4.74 Å². The summed E-state index contributed by atoms with van der Waals surface area (Å²) >= 11 is 1.41. The first-order valence-electron chi connectivity index (χ1n) is 10.6. The minimum atomic E-state index is -4.53. The van der Waals surface area contributed by atoms with E-state index >= 15 is 0 Å². The minimum Gasteiger partial charge on any atom is -0.378 e. The van der Waals surface area contributed by atoms with E-state index in [2.05, 4.69) is 15.3 Å². The highest BCUT2D eigenvalue weighted by Gasteiger charge is 2.32. The molecule has 3 heterocycles.